The standard InChI is InChI=1S/C26H27BrN8O2/c1-26(2,28)25(37)29-20-12-9-17-5-3-4-6-21(17)35(24(20)36)14-16-7-10-19(11-8-16)34-15-18(27)13-22(34)23-30-32-33-31-23/h3-8,10-11,13,15,20H,9,12,14,28H2,1-2H3,(H,29,37)(H,30,31,32,33)/t20-/m1/s1. The minimum absolute atomic E-state index is 0.152. The molecule has 0 spiro atoms. The molecular weight excluding hydrogens is 536 g/mol. The molecule has 1 atom stereocenters. The zero-order valence-corrected chi connectivity index (χ0v) is 22.1. The van der Waals surface area contributed by atoms with E-state index in [4.69, 9.17) is 5.73 Å². The average molecular weight is 563 g/mol. The van der Waals surface area contributed by atoms with Gasteiger partial charge in [-0.2, -0.15) is 5.21 Å². The van der Waals surface area contributed by atoms with Crippen molar-refractivity contribution in [3.63, 3.8) is 0 Å². The van der Waals surface area contributed by atoms with Gasteiger partial charge in [-0.05, 0) is 83.2 Å². The van der Waals surface area contributed by atoms with Gasteiger partial charge in [-0.25, -0.2) is 0 Å². The summed E-state index contributed by atoms with van der Waals surface area (Å²) in [5.74, 6) is -0.0212. The van der Waals surface area contributed by atoms with Crippen molar-refractivity contribution in [1.82, 2.24) is 30.5 Å². The summed E-state index contributed by atoms with van der Waals surface area (Å²) in [6, 6.07) is 17.1. The van der Waals surface area contributed by atoms with Crippen LogP contribution < -0.4 is 16.0 Å². The molecule has 11 heteroatoms. The fourth-order valence-corrected chi connectivity index (χ4v) is 4.81. The number of hydrogen-bond donors (Lipinski definition) is 3. The van der Waals surface area contributed by atoms with Crippen LogP contribution in [0.1, 0.15) is 31.4 Å². The average Bonchev–Trinajstić information content (AvgIpc) is 3.52. The van der Waals surface area contributed by atoms with Gasteiger partial charge in [-0.3, -0.25) is 9.59 Å². The summed E-state index contributed by atoms with van der Waals surface area (Å²) in [7, 11) is 0. The van der Waals surface area contributed by atoms with Crippen molar-refractivity contribution >= 4 is 33.4 Å². The van der Waals surface area contributed by atoms with E-state index in [1.807, 2.05) is 65.4 Å². The molecule has 1 aliphatic rings. The first-order chi connectivity index (χ1) is 17.7. The quantitative estimate of drug-likeness (QED) is 0.330. The largest absolute Gasteiger partial charge is 0.343 e. The molecule has 4 N–H and O–H groups in total. The molecular formula is C26H27BrN8O2. The minimum atomic E-state index is -1.08. The van der Waals surface area contributed by atoms with Crippen LogP contribution in [0, 0.1) is 0 Å². The second-order valence-electron chi connectivity index (χ2n) is 9.65. The van der Waals surface area contributed by atoms with Crippen molar-refractivity contribution in [2.45, 2.75) is 44.8 Å². The van der Waals surface area contributed by atoms with E-state index in [9.17, 15) is 9.59 Å². The van der Waals surface area contributed by atoms with Crippen LogP contribution in [0.25, 0.3) is 17.2 Å². The molecule has 1 aliphatic heterocycles. The number of nitrogens with one attached hydrogen (secondary N) is 2. The van der Waals surface area contributed by atoms with Gasteiger partial charge in [-0.1, -0.05) is 30.3 Å². The first-order valence-electron chi connectivity index (χ1n) is 11.9. The van der Waals surface area contributed by atoms with Crippen LogP contribution in [0.4, 0.5) is 5.69 Å². The Hall–Kier alpha value is -3.83. The highest BCUT2D eigenvalue weighted by molar-refractivity contribution is 9.10. The smallest absolute Gasteiger partial charge is 0.249 e. The van der Waals surface area contributed by atoms with E-state index in [1.54, 1.807) is 18.7 Å². The number of amides is 2. The third kappa shape index (κ3) is 5.18. The summed E-state index contributed by atoms with van der Waals surface area (Å²) in [5, 5.41) is 17.2. The Labute approximate surface area is 222 Å². The maximum absolute atomic E-state index is 13.7. The Morgan fingerprint density at radius 2 is 1.97 bits per heavy atom. The van der Waals surface area contributed by atoms with Crippen LogP contribution in [0.15, 0.2) is 65.3 Å². The Morgan fingerprint density at radius 3 is 2.68 bits per heavy atom. The summed E-state index contributed by atoms with van der Waals surface area (Å²) in [5.41, 5.74) is 9.46. The highest BCUT2D eigenvalue weighted by atomic mass is 79.9. The number of para-hydroxylation sites is 1. The summed E-state index contributed by atoms with van der Waals surface area (Å²) >= 11 is 3.52. The molecule has 2 aromatic carbocycles. The molecule has 0 saturated heterocycles. The van der Waals surface area contributed by atoms with E-state index in [2.05, 4.69) is 41.9 Å². The third-order valence-electron chi connectivity index (χ3n) is 6.36. The fraction of sp³-hybridized carbons (Fsp3) is 0.269. The van der Waals surface area contributed by atoms with E-state index in [0.717, 1.165) is 32.7 Å². The Balaban J connectivity index is 1.42. The van der Waals surface area contributed by atoms with Crippen LogP contribution in [-0.4, -0.2) is 48.6 Å². The number of tetrazole rings is 1. The predicted molar refractivity (Wildman–Crippen MR) is 143 cm³/mol. The highest BCUT2D eigenvalue weighted by Gasteiger charge is 2.34. The number of nitrogens with zero attached hydrogens (tertiary/aromatic N) is 5. The normalized spacial score (nSPS) is 15.8. The lowest BCUT2D eigenvalue weighted by molar-refractivity contribution is -0.130. The second-order valence-corrected chi connectivity index (χ2v) is 10.6. The molecule has 0 saturated carbocycles. The molecule has 5 rings (SSSR count). The van der Waals surface area contributed by atoms with Crippen molar-refractivity contribution in [2.75, 3.05) is 4.90 Å². The fourth-order valence-electron chi connectivity index (χ4n) is 4.39. The molecule has 2 aromatic heterocycles. The first kappa shape index (κ1) is 24.8. The summed E-state index contributed by atoms with van der Waals surface area (Å²) in [4.78, 5) is 28.0. The van der Waals surface area contributed by atoms with Gasteiger partial charge < -0.3 is 20.5 Å². The lowest BCUT2D eigenvalue weighted by atomic mass is 10.0. The molecule has 0 aliphatic carbocycles. The van der Waals surface area contributed by atoms with Crippen LogP contribution in [0.3, 0.4) is 0 Å². The molecule has 0 bridgehead atoms. The maximum atomic E-state index is 13.7. The van der Waals surface area contributed by atoms with Crippen LogP contribution in [0.5, 0.6) is 0 Å². The SMILES string of the molecule is CC(C)(N)C(=O)N[C@@H]1CCc2ccccc2N(Cc2ccc(-n3cc(Br)cc3-c3nn[nH]n3)cc2)C1=O. The van der Waals surface area contributed by atoms with Crippen molar-refractivity contribution in [1.29, 1.82) is 0 Å². The van der Waals surface area contributed by atoms with Crippen LogP contribution >= 0.6 is 15.9 Å². The number of nitrogens with two attached hydrogens (primary N) is 1. The zero-order chi connectivity index (χ0) is 26.2. The number of halogens is 1. The van der Waals surface area contributed by atoms with Crippen LogP contribution in [-0.2, 0) is 22.6 Å². The van der Waals surface area contributed by atoms with Gasteiger partial charge in [0.2, 0.25) is 17.6 Å². The highest BCUT2D eigenvalue weighted by Crippen LogP contribution is 2.30. The molecule has 10 nitrogen and oxygen atoms in total. The number of H-pyrrole nitrogens is 1. The van der Waals surface area contributed by atoms with Crippen LogP contribution in [0.2, 0.25) is 0 Å². The van der Waals surface area contributed by atoms with E-state index < -0.39 is 11.6 Å². The number of hydrogen-bond acceptors (Lipinski definition) is 6. The number of benzene rings is 2. The van der Waals surface area contributed by atoms with Crippen molar-refractivity contribution in [3.05, 3.63) is 76.4 Å². The Morgan fingerprint density at radius 1 is 1.22 bits per heavy atom. The molecule has 0 fully saturated rings. The summed E-state index contributed by atoms with van der Waals surface area (Å²) in [6.45, 7) is 3.62. The zero-order valence-electron chi connectivity index (χ0n) is 20.5. The number of aromatic nitrogens is 5. The minimum Gasteiger partial charge on any atom is -0.343 e. The molecule has 3 heterocycles. The Bertz CT molecular complexity index is 1420. The van der Waals surface area contributed by atoms with Gasteiger partial charge in [0.1, 0.15) is 6.04 Å². The van der Waals surface area contributed by atoms with Gasteiger partial charge >= 0.3 is 0 Å². The summed E-state index contributed by atoms with van der Waals surface area (Å²) < 4.78 is 2.85. The van der Waals surface area contributed by atoms with Gasteiger partial charge in [-0.15, -0.1) is 10.2 Å². The molecule has 2 amide bonds. The lowest BCUT2D eigenvalue weighted by Crippen LogP contribution is -2.56. The van der Waals surface area contributed by atoms with Gasteiger partial charge in [0, 0.05) is 22.0 Å². The molecule has 4 aromatic rings. The van der Waals surface area contributed by atoms with Crippen molar-refractivity contribution in [2.24, 2.45) is 5.73 Å². The Kier molecular flexibility index (Phi) is 6.65. The monoisotopic (exact) mass is 562 g/mol. The van der Waals surface area contributed by atoms with E-state index in [1.165, 1.54) is 0 Å². The lowest BCUT2D eigenvalue weighted by Gasteiger charge is -2.28. The maximum Gasteiger partial charge on any atom is 0.249 e. The molecule has 37 heavy (non-hydrogen) atoms. The topological polar surface area (TPSA) is 135 Å². The summed E-state index contributed by atoms with van der Waals surface area (Å²) in [6.07, 6.45) is 3.12. The number of fused-ring (bicyclic) bond motifs is 1. The van der Waals surface area contributed by atoms with E-state index >= 15 is 0 Å². The second kappa shape index (κ2) is 9.91. The van der Waals surface area contributed by atoms with E-state index in [0.29, 0.717) is 25.2 Å². The van der Waals surface area contributed by atoms with Gasteiger partial charge in [0.25, 0.3) is 0 Å². The molecule has 0 unspecified atom stereocenters. The number of rotatable bonds is 6. The van der Waals surface area contributed by atoms with E-state index in [-0.39, 0.29) is 11.8 Å². The number of aromatic amines is 1. The number of anilines is 1. The molecule has 0 radical (unpaired) electrons. The third-order valence-corrected chi connectivity index (χ3v) is 6.79. The van der Waals surface area contributed by atoms with Gasteiger partial charge in [0.15, 0.2) is 0 Å². The first-order valence-corrected chi connectivity index (χ1v) is 12.7. The van der Waals surface area contributed by atoms with Crippen molar-refractivity contribution < 1.29 is 9.59 Å². The predicted octanol–water partition coefficient (Wildman–Crippen LogP) is 3.12. The van der Waals surface area contributed by atoms with Gasteiger partial charge in [0.05, 0.1) is 17.8 Å². The number of carbonyl (C=O) groups is 2. The number of aryl methyl sites for hydroxylation is 1. The van der Waals surface area contributed by atoms with Crippen molar-refractivity contribution in [3.8, 4) is 17.2 Å². The number of carbonyl (C=O) groups excluding carboxylic acids is 2. The molecule has 190 valence electrons.